The van der Waals surface area contributed by atoms with Crippen molar-refractivity contribution in [1.82, 2.24) is 8.61 Å². The SMILES string of the molecule is C[C@@H]1CN(S(=O)(=O)N2CCC[C@H]2c2ccco2)CCO1. The van der Waals surface area contributed by atoms with Gasteiger partial charge in [-0.25, -0.2) is 0 Å². The van der Waals surface area contributed by atoms with Gasteiger partial charge >= 0.3 is 0 Å². The van der Waals surface area contributed by atoms with E-state index in [1.807, 2.05) is 13.0 Å². The maximum absolute atomic E-state index is 12.8. The highest BCUT2D eigenvalue weighted by atomic mass is 32.2. The van der Waals surface area contributed by atoms with Crippen LogP contribution in [0.5, 0.6) is 0 Å². The van der Waals surface area contributed by atoms with Crippen molar-refractivity contribution < 1.29 is 17.6 Å². The Balaban J connectivity index is 1.83. The fraction of sp³-hybridized carbons (Fsp3) is 0.692. The normalized spacial score (nSPS) is 29.9. The average molecular weight is 300 g/mol. The summed E-state index contributed by atoms with van der Waals surface area (Å²) in [7, 11) is -3.44. The topological polar surface area (TPSA) is 63.0 Å². The molecule has 2 saturated heterocycles. The first kappa shape index (κ1) is 14.1. The molecular formula is C13H20N2O4S. The highest BCUT2D eigenvalue weighted by molar-refractivity contribution is 7.86. The summed E-state index contributed by atoms with van der Waals surface area (Å²) in [5, 5.41) is 0. The van der Waals surface area contributed by atoms with E-state index in [0.29, 0.717) is 26.2 Å². The van der Waals surface area contributed by atoms with E-state index in [2.05, 4.69) is 0 Å². The minimum Gasteiger partial charge on any atom is -0.468 e. The van der Waals surface area contributed by atoms with E-state index in [9.17, 15) is 8.42 Å². The summed E-state index contributed by atoms with van der Waals surface area (Å²) in [5.41, 5.74) is 0. The lowest BCUT2D eigenvalue weighted by molar-refractivity contribution is 0.00802. The molecule has 2 aliphatic heterocycles. The standard InChI is InChI=1S/C13H20N2O4S/c1-11-10-14(7-9-18-11)20(16,17)15-6-2-4-12(15)13-5-3-8-19-13/h3,5,8,11-12H,2,4,6-7,9-10H2,1H3/t11-,12+/m1/s1. The summed E-state index contributed by atoms with van der Waals surface area (Å²) >= 11 is 0. The van der Waals surface area contributed by atoms with E-state index in [1.54, 1.807) is 16.6 Å². The third-order valence-electron chi connectivity index (χ3n) is 3.90. The number of nitrogens with zero attached hydrogens (tertiary/aromatic N) is 2. The molecule has 7 heteroatoms. The second-order valence-electron chi connectivity index (χ2n) is 5.33. The molecule has 3 heterocycles. The maximum Gasteiger partial charge on any atom is 0.282 e. The highest BCUT2D eigenvalue weighted by Crippen LogP contribution is 2.35. The molecular weight excluding hydrogens is 280 g/mol. The van der Waals surface area contributed by atoms with Gasteiger partial charge in [0.25, 0.3) is 10.2 Å². The minimum absolute atomic E-state index is 0.0526. The van der Waals surface area contributed by atoms with Crippen LogP contribution < -0.4 is 0 Å². The summed E-state index contributed by atoms with van der Waals surface area (Å²) in [6, 6.07) is 3.48. The number of hydrogen-bond donors (Lipinski definition) is 0. The number of ether oxygens (including phenoxy) is 1. The predicted octanol–water partition coefficient (Wildman–Crippen LogP) is 1.38. The molecule has 20 heavy (non-hydrogen) atoms. The summed E-state index contributed by atoms with van der Waals surface area (Å²) in [6.45, 7) is 3.76. The smallest absolute Gasteiger partial charge is 0.282 e. The number of hydrogen-bond acceptors (Lipinski definition) is 4. The summed E-state index contributed by atoms with van der Waals surface area (Å²) in [5.74, 6) is 0.729. The zero-order valence-electron chi connectivity index (χ0n) is 11.6. The Kier molecular flexibility index (Phi) is 3.85. The molecule has 1 aromatic heterocycles. The van der Waals surface area contributed by atoms with Gasteiger partial charge in [0.1, 0.15) is 5.76 Å². The van der Waals surface area contributed by atoms with Gasteiger partial charge in [-0.3, -0.25) is 0 Å². The van der Waals surface area contributed by atoms with E-state index in [4.69, 9.17) is 9.15 Å². The van der Waals surface area contributed by atoms with Crippen molar-refractivity contribution in [3.8, 4) is 0 Å². The van der Waals surface area contributed by atoms with Crippen LogP contribution in [0.15, 0.2) is 22.8 Å². The van der Waals surface area contributed by atoms with Crippen LogP contribution >= 0.6 is 0 Å². The van der Waals surface area contributed by atoms with Gasteiger partial charge in [-0.05, 0) is 31.9 Å². The second-order valence-corrected chi connectivity index (χ2v) is 7.21. The Hall–Kier alpha value is -0.890. The van der Waals surface area contributed by atoms with Gasteiger partial charge in [0.15, 0.2) is 0 Å². The fourth-order valence-electron chi connectivity index (χ4n) is 2.93. The molecule has 0 aromatic carbocycles. The zero-order valence-corrected chi connectivity index (χ0v) is 12.4. The van der Waals surface area contributed by atoms with Crippen LogP contribution in [0.4, 0.5) is 0 Å². The summed E-state index contributed by atoms with van der Waals surface area (Å²) < 4.78 is 39.5. The molecule has 2 aliphatic rings. The van der Waals surface area contributed by atoms with Gasteiger partial charge in [0, 0.05) is 19.6 Å². The van der Waals surface area contributed by atoms with Crippen LogP contribution in [0.25, 0.3) is 0 Å². The lowest BCUT2D eigenvalue weighted by Gasteiger charge is -2.34. The van der Waals surface area contributed by atoms with E-state index < -0.39 is 10.2 Å². The Morgan fingerprint density at radius 1 is 1.35 bits per heavy atom. The lowest BCUT2D eigenvalue weighted by atomic mass is 10.2. The average Bonchev–Trinajstić information content (AvgIpc) is 3.09. The van der Waals surface area contributed by atoms with Crippen LogP contribution in [0.2, 0.25) is 0 Å². The van der Waals surface area contributed by atoms with Gasteiger partial charge < -0.3 is 9.15 Å². The van der Waals surface area contributed by atoms with Crippen LogP contribution in [-0.2, 0) is 14.9 Å². The Bertz CT molecular complexity index is 543. The molecule has 0 radical (unpaired) electrons. The fourth-order valence-corrected chi connectivity index (χ4v) is 4.82. The largest absolute Gasteiger partial charge is 0.468 e. The Morgan fingerprint density at radius 2 is 2.20 bits per heavy atom. The maximum atomic E-state index is 12.8. The van der Waals surface area contributed by atoms with Gasteiger partial charge in [-0.15, -0.1) is 0 Å². The van der Waals surface area contributed by atoms with Crippen LogP contribution in [0.3, 0.4) is 0 Å². The lowest BCUT2D eigenvalue weighted by Crippen LogP contribution is -2.50. The second kappa shape index (κ2) is 5.48. The number of rotatable bonds is 3. The van der Waals surface area contributed by atoms with Gasteiger partial charge in [-0.2, -0.15) is 17.0 Å². The molecule has 6 nitrogen and oxygen atoms in total. The third kappa shape index (κ3) is 2.50. The molecule has 0 unspecified atom stereocenters. The van der Waals surface area contributed by atoms with E-state index in [0.717, 1.165) is 18.6 Å². The predicted molar refractivity (Wildman–Crippen MR) is 73.3 cm³/mol. The van der Waals surface area contributed by atoms with Crippen molar-refractivity contribution in [3.05, 3.63) is 24.2 Å². The summed E-state index contributed by atoms with van der Waals surface area (Å²) in [4.78, 5) is 0. The van der Waals surface area contributed by atoms with Crippen molar-refractivity contribution >= 4 is 10.2 Å². The number of furan rings is 1. The molecule has 0 bridgehead atoms. The number of morpholine rings is 1. The van der Waals surface area contributed by atoms with Crippen LogP contribution in [0.1, 0.15) is 31.6 Å². The first-order valence-corrected chi connectivity index (χ1v) is 8.40. The van der Waals surface area contributed by atoms with Crippen molar-refractivity contribution in [3.63, 3.8) is 0 Å². The monoisotopic (exact) mass is 300 g/mol. The van der Waals surface area contributed by atoms with Gasteiger partial charge in [-0.1, -0.05) is 0 Å². The molecule has 2 fully saturated rings. The van der Waals surface area contributed by atoms with Crippen molar-refractivity contribution in [2.45, 2.75) is 31.9 Å². The van der Waals surface area contributed by atoms with E-state index in [-0.39, 0.29) is 12.1 Å². The van der Waals surface area contributed by atoms with Crippen molar-refractivity contribution in [2.24, 2.45) is 0 Å². The third-order valence-corrected chi connectivity index (χ3v) is 5.92. The van der Waals surface area contributed by atoms with Gasteiger partial charge in [0.05, 0.1) is 25.0 Å². The van der Waals surface area contributed by atoms with E-state index >= 15 is 0 Å². The van der Waals surface area contributed by atoms with E-state index in [1.165, 1.54) is 4.31 Å². The van der Waals surface area contributed by atoms with Gasteiger partial charge in [0.2, 0.25) is 0 Å². The summed E-state index contributed by atoms with van der Waals surface area (Å²) in [6.07, 6.45) is 3.22. The molecule has 1 aromatic rings. The molecule has 3 rings (SSSR count). The first-order chi connectivity index (χ1) is 9.59. The molecule has 0 N–H and O–H groups in total. The molecule has 0 saturated carbocycles. The van der Waals surface area contributed by atoms with Crippen molar-refractivity contribution in [2.75, 3.05) is 26.2 Å². The van der Waals surface area contributed by atoms with Crippen molar-refractivity contribution in [1.29, 1.82) is 0 Å². The zero-order chi connectivity index (χ0) is 14.2. The Morgan fingerprint density at radius 3 is 2.90 bits per heavy atom. The minimum atomic E-state index is -3.44. The van der Waals surface area contributed by atoms with Crippen LogP contribution in [0, 0.1) is 0 Å². The Labute approximate surface area is 119 Å². The van der Waals surface area contributed by atoms with Crippen LogP contribution in [-0.4, -0.2) is 49.4 Å². The quantitative estimate of drug-likeness (QED) is 0.846. The molecule has 0 spiro atoms. The molecule has 0 amide bonds. The molecule has 112 valence electrons. The first-order valence-electron chi connectivity index (χ1n) is 7.01. The molecule has 0 aliphatic carbocycles. The molecule has 2 atom stereocenters. The highest BCUT2D eigenvalue weighted by Gasteiger charge is 2.41.